The van der Waals surface area contributed by atoms with Gasteiger partial charge in [-0.15, -0.1) is 0 Å². The van der Waals surface area contributed by atoms with Gasteiger partial charge in [0, 0.05) is 6.61 Å². The number of hydrogen-bond acceptors (Lipinski definition) is 8. The Morgan fingerprint density at radius 3 is 2.31 bits per heavy atom. The largest absolute Gasteiger partial charge is 0.457 e. The highest BCUT2D eigenvalue weighted by atomic mass is 32.1. The van der Waals surface area contributed by atoms with Crippen LogP contribution in [0, 0.1) is 0 Å². The maximum absolute atomic E-state index is 13.0. The van der Waals surface area contributed by atoms with Crippen molar-refractivity contribution < 1.29 is 29.6 Å². The molecule has 0 aliphatic carbocycles. The first-order valence-corrected chi connectivity index (χ1v) is 10.2. The number of aliphatic hydroxyl groups is 3. The highest BCUT2D eigenvalue weighted by Crippen LogP contribution is 2.26. The van der Waals surface area contributed by atoms with Crippen LogP contribution in [0.1, 0.15) is 6.42 Å². The second kappa shape index (κ2) is 10.4. The quantitative estimate of drug-likeness (QED) is 0.220. The Morgan fingerprint density at radius 1 is 1.06 bits per heavy atom. The minimum absolute atomic E-state index is 0.105. The molecule has 3 rings (SSSR count). The third-order valence-electron chi connectivity index (χ3n) is 4.75. The highest BCUT2D eigenvalue weighted by Gasteiger charge is 2.35. The fourth-order valence-electron chi connectivity index (χ4n) is 3.05. The molecule has 2 unspecified atom stereocenters. The monoisotopic (exact) mass is 457 g/mol. The molecule has 1 aliphatic heterocycles. The van der Waals surface area contributed by atoms with Crippen LogP contribution in [-0.4, -0.2) is 57.1 Å². The van der Waals surface area contributed by atoms with E-state index in [2.05, 4.69) is 5.32 Å². The predicted molar refractivity (Wildman–Crippen MR) is 121 cm³/mol. The van der Waals surface area contributed by atoms with Gasteiger partial charge in [-0.3, -0.25) is 19.8 Å². The maximum atomic E-state index is 13.0. The zero-order chi connectivity index (χ0) is 23.3. The molecule has 0 bridgehead atoms. The molecule has 3 atom stereocenters. The van der Waals surface area contributed by atoms with Gasteiger partial charge >= 0.3 is 0 Å². The van der Waals surface area contributed by atoms with Gasteiger partial charge in [-0.25, -0.2) is 0 Å². The third-order valence-corrected chi connectivity index (χ3v) is 5.03. The summed E-state index contributed by atoms with van der Waals surface area (Å²) < 4.78 is 5.73. The van der Waals surface area contributed by atoms with Crippen LogP contribution in [0.15, 0.2) is 66.2 Å². The van der Waals surface area contributed by atoms with E-state index in [0.29, 0.717) is 17.2 Å². The summed E-state index contributed by atoms with van der Waals surface area (Å²) in [6, 6.07) is 14.5. The first-order valence-electron chi connectivity index (χ1n) is 9.79. The van der Waals surface area contributed by atoms with E-state index in [1.54, 1.807) is 36.4 Å². The van der Waals surface area contributed by atoms with Gasteiger partial charge in [0.05, 0.1) is 23.9 Å². The van der Waals surface area contributed by atoms with E-state index in [4.69, 9.17) is 27.8 Å². The number of anilines is 1. The number of amides is 2. The van der Waals surface area contributed by atoms with Gasteiger partial charge in [0.1, 0.15) is 17.1 Å². The molecule has 1 aliphatic rings. The van der Waals surface area contributed by atoms with Gasteiger partial charge in [-0.1, -0.05) is 18.2 Å². The van der Waals surface area contributed by atoms with E-state index in [0.717, 1.165) is 11.0 Å². The minimum atomic E-state index is -1.48. The fraction of sp³-hybridized carbons (Fsp3) is 0.227. The molecule has 32 heavy (non-hydrogen) atoms. The number of carbonyl (C=O) groups excluding carboxylic acids is 2. The number of para-hydroxylation sites is 1. The lowest BCUT2D eigenvalue weighted by Crippen LogP contribution is -2.55. The number of hydrogen-bond donors (Lipinski definition) is 5. The Morgan fingerprint density at radius 2 is 1.69 bits per heavy atom. The minimum Gasteiger partial charge on any atom is -0.457 e. The SMILES string of the molecule is NC(/C=C1\C(=O)NC(=S)N(c2ccc(Oc3ccccc3)cc2)C1=O)C(O)[C@H](O)CCO. The normalized spacial score (nSPS) is 18.3. The Balaban J connectivity index is 1.80. The molecular weight excluding hydrogens is 434 g/mol. The zero-order valence-electron chi connectivity index (χ0n) is 16.9. The third kappa shape index (κ3) is 5.36. The van der Waals surface area contributed by atoms with Crippen molar-refractivity contribution >= 4 is 34.8 Å². The van der Waals surface area contributed by atoms with Crippen LogP contribution >= 0.6 is 12.2 Å². The molecule has 2 amide bonds. The van der Waals surface area contributed by atoms with Gasteiger partial charge in [0.15, 0.2) is 5.11 Å². The lowest BCUT2D eigenvalue weighted by atomic mass is 10.00. The number of thiocarbonyl (C=S) groups is 1. The Bertz CT molecular complexity index is 1010. The van der Waals surface area contributed by atoms with E-state index in [-0.39, 0.29) is 23.7 Å². The fourth-order valence-corrected chi connectivity index (χ4v) is 3.33. The van der Waals surface area contributed by atoms with Crippen LogP contribution in [0.25, 0.3) is 0 Å². The summed E-state index contributed by atoms with van der Waals surface area (Å²) in [7, 11) is 0. The number of nitrogens with one attached hydrogen (secondary N) is 1. The molecule has 1 fully saturated rings. The molecule has 0 aromatic heterocycles. The number of nitrogens with two attached hydrogens (primary N) is 1. The lowest BCUT2D eigenvalue weighted by Gasteiger charge is -2.30. The first kappa shape index (κ1) is 23.5. The second-order valence-electron chi connectivity index (χ2n) is 7.04. The van der Waals surface area contributed by atoms with Crippen molar-refractivity contribution in [1.29, 1.82) is 0 Å². The van der Waals surface area contributed by atoms with Crippen molar-refractivity contribution in [3.05, 3.63) is 66.2 Å². The molecule has 10 heteroatoms. The molecule has 0 radical (unpaired) electrons. The van der Waals surface area contributed by atoms with E-state index >= 15 is 0 Å². The van der Waals surface area contributed by atoms with Crippen molar-refractivity contribution in [3.8, 4) is 11.5 Å². The van der Waals surface area contributed by atoms with Crippen molar-refractivity contribution in [3.63, 3.8) is 0 Å². The zero-order valence-corrected chi connectivity index (χ0v) is 17.7. The van der Waals surface area contributed by atoms with Crippen molar-refractivity contribution in [1.82, 2.24) is 5.32 Å². The van der Waals surface area contributed by atoms with Crippen LogP contribution < -0.4 is 20.7 Å². The molecule has 2 aromatic carbocycles. The van der Waals surface area contributed by atoms with Crippen LogP contribution in [0.5, 0.6) is 11.5 Å². The molecular formula is C22H23N3O6S. The number of carbonyl (C=O) groups is 2. The number of ether oxygens (including phenoxy) is 1. The van der Waals surface area contributed by atoms with Crippen molar-refractivity contribution in [2.24, 2.45) is 5.73 Å². The van der Waals surface area contributed by atoms with Gasteiger partial charge in [-0.2, -0.15) is 0 Å². The maximum Gasteiger partial charge on any atom is 0.269 e. The summed E-state index contributed by atoms with van der Waals surface area (Å²) in [6.45, 7) is -0.354. The average Bonchev–Trinajstić information content (AvgIpc) is 2.78. The smallest absolute Gasteiger partial charge is 0.269 e. The molecule has 6 N–H and O–H groups in total. The molecule has 9 nitrogen and oxygen atoms in total. The summed E-state index contributed by atoms with van der Waals surface area (Å²) >= 11 is 5.16. The van der Waals surface area contributed by atoms with Gasteiger partial charge in [-0.05, 0) is 61.1 Å². The summed E-state index contributed by atoms with van der Waals surface area (Å²) in [5.41, 5.74) is 5.91. The summed E-state index contributed by atoms with van der Waals surface area (Å²) in [4.78, 5) is 26.5. The van der Waals surface area contributed by atoms with E-state index in [1.807, 2.05) is 18.2 Å². The van der Waals surface area contributed by atoms with Crippen LogP contribution in [0.4, 0.5) is 5.69 Å². The molecule has 0 saturated carbocycles. The second-order valence-corrected chi connectivity index (χ2v) is 7.42. The van der Waals surface area contributed by atoms with E-state index < -0.39 is 30.1 Å². The van der Waals surface area contributed by atoms with Crippen LogP contribution in [-0.2, 0) is 9.59 Å². The molecule has 1 saturated heterocycles. The van der Waals surface area contributed by atoms with E-state index in [9.17, 15) is 19.8 Å². The highest BCUT2D eigenvalue weighted by molar-refractivity contribution is 7.80. The first-order chi connectivity index (χ1) is 15.3. The number of benzene rings is 2. The topological polar surface area (TPSA) is 145 Å². The Labute approximate surface area is 189 Å². The molecule has 2 aromatic rings. The van der Waals surface area contributed by atoms with Crippen LogP contribution in [0.3, 0.4) is 0 Å². The number of rotatable bonds is 8. The Hall–Kier alpha value is -3.15. The predicted octanol–water partition coefficient (Wildman–Crippen LogP) is 0.584. The molecule has 1 heterocycles. The molecule has 0 spiro atoms. The van der Waals surface area contributed by atoms with Crippen LogP contribution in [0.2, 0.25) is 0 Å². The van der Waals surface area contributed by atoms with Crippen molar-refractivity contribution in [2.75, 3.05) is 11.5 Å². The standard InChI is InChI=1S/C22H23N3O6S/c23-17(19(28)18(27)10-11-26)12-16-20(29)24-22(32)25(21(16)30)13-6-8-15(9-7-13)31-14-4-2-1-3-5-14/h1-9,12,17-19,26-28H,10-11,23H2,(H,24,29,32)/b16-12+/t17?,18-,19?/m1/s1. The summed E-state index contributed by atoms with van der Waals surface area (Å²) in [5, 5.41) is 31.1. The summed E-state index contributed by atoms with van der Waals surface area (Å²) in [5.74, 6) is -0.300. The molecule has 168 valence electrons. The van der Waals surface area contributed by atoms with Gasteiger partial charge in [0.25, 0.3) is 11.8 Å². The van der Waals surface area contributed by atoms with Crippen molar-refractivity contribution in [2.45, 2.75) is 24.7 Å². The number of aliphatic hydroxyl groups excluding tert-OH is 3. The lowest BCUT2D eigenvalue weighted by molar-refractivity contribution is -0.122. The number of nitrogens with zero attached hydrogens (tertiary/aromatic N) is 1. The summed E-state index contributed by atoms with van der Waals surface area (Å²) in [6.07, 6.45) is -1.83. The van der Waals surface area contributed by atoms with E-state index in [1.165, 1.54) is 0 Å². The van der Waals surface area contributed by atoms with Gasteiger partial charge in [0.2, 0.25) is 0 Å². The van der Waals surface area contributed by atoms with Gasteiger partial charge < -0.3 is 25.8 Å². The Kier molecular flexibility index (Phi) is 7.67. The average molecular weight is 458 g/mol.